The second-order valence-electron chi connectivity index (χ2n) is 7.63. The monoisotopic (exact) mass is 456 g/mol. The Morgan fingerprint density at radius 3 is 2.47 bits per heavy atom. The Labute approximate surface area is 196 Å². The van der Waals surface area contributed by atoms with Gasteiger partial charge in [-0.1, -0.05) is 36.4 Å². The first-order chi connectivity index (χ1) is 16.5. The molecule has 4 rings (SSSR count). The number of pyridine rings is 1. The largest absolute Gasteiger partial charge is 0.478 e. The maximum atomic E-state index is 12.0. The van der Waals surface area contributed by atoms with Crippen LogP contribution < -0.4 is 16.0 Å². The number of carboxylic acids is 1. The van der Waals surface area contributed by atoms with Crippen LogP contribution >= 0.6 is 0 Å². The summed E-state index contributed by atoms with van der Waals surface area (Å²) in [6, 6.07) is 19.5. The molecule has 4 aromatic rings. The van der Waals surface area contributed by atoms with E-state index in [1.807, 2.05) is 43.3 Å². The Bertz CT molecular complexity index is 1350. The van der Waals surface area contributed by atoms with E-state index in [0.29, 0.717) is 18.1 Å². The van der Waals surface area contributed by atoms with E-state index in [9.17, 15) is 19.8 Å². The second-order valence-corrected chi connectivity index (χ2v) is 7.63. The van der Waals surface area contributed by atoms with Crippen LogP contribution in [0.15, 0.2) is 72.9 Å². The average molecular weight is 457 g/mol. The fraction of sp³-hybridized carbons (Fsp3) is 0.115. The van der Waals surface area contributed by atoms with Crippen LogP contribution in [0.3, 0.4) is 0 Å². The molecule has 0 aliphatic rings. The minimum Gasteiger partial charge on any atom is -0.478 e. The lowest BCUT2D eigenvalue weighted by molar-refractivity contribution is 0.0697. The summed E-state index contributed by atoms with van der Waals surface area (Å²) in [5.74, 6) is -0.602. The fourth-order valence-corrected chi connectivity index (χ4v) is 3.66. The van der Waals surface area contributed by atoms with Crippen molar-refractivity contribution in [2.75, 3.05) is 17.2 Å². The number of rotatable bonds is 7. The number of aromatic carboxylic acids is 1. The molecule has 0 saturated heterocycles. The molecule has 5 N–H and O–H groups in total. The van der Waals surface area contributed by atoms with Crippen LogP contribution in [0.2, 0.25) is 0 Å². The zero-order valence-electron chi connectivity index (χ0n) is 18.5. The van der Waals surface area contributed by atoms with Gasteiger partial charge in [0.25, 0.3) is 0 Å². The van der Waals surface area contributed by atoms with Crippen LogP contribution in [-0.2, 0) is 6.61 Å². The predicted octanol–water partition coefficient (Wildman–Crippen LogP) is 4.98. The SMILES string of the molecule is CCNC(=O)Nc1cc2c(-c3ccc(CO)cc3)ccc(Nc3cccc(C(=O)O)c3)c2cn1. The van der Waals surface area contributed by atoms with Crippen molar-refractivity contribution in [2.45, 2.75) is 13.5 Å². The first-order valence-corrected chi connectivity index (χ1v) is 10.8. The first kappa shape index (κ1) is 22.8. The summed E-state index contributed by atoms with van der Waals surface area (Å²) in [6.45, 7) is 2.29. The Hall–Kier alpha value is -4.43. The highest BCUT2D eigenvalue weighted by atomic mass is 16.4. The van der Waals surface area contributed by atoms with Gasteiger partial charge in [-0.05, 0) is 59.3 Å². The summed E-state index contributed by atoms with van der Waals surface area (Å²) in [6.07, 6.45) is 1.67. The predicted molar refractivity (Wildman–Crippen MR) is 132 cm³/mol. The number of carbonyl (C=O) groups is 2. The number of amides is 2. The van der Waals surface area contributed by atoms with Crippen LogP contribution in [0.5, 0.6) is 0 Å². The first-order valence-electron chi connectivity index (χ1n) is 10.8. The molecule has 0 atom stereocenters. The summed E-state index contributed by atoms with van der Waals surface area (Å²) in [5, 5.41) is 29.0. The van der Waals surface area contributed by atoms with Gasteiger partial charge in [-0.15, -0.1) is 0 Å². The molecule has 3 aromatic carbocycles. The number of nitrogens with one attached hydrogen (secondary N) is 3. The number of carboxylic acid groups (broad SMARTS) is 1. The molecular formula is C26H24N4O4. The number of carbonyl (C=O) groups excluding carboxylic acids is 1. The minimum absolute atomic E-state index is 0.0379. The maximum Gasteiger partial charge on any atom is 0.335 e. The summed E-state index contributed by atoms with van der Waals surface area (Å²) in [5.41, 5.74) is 4.23. The van der Waals surface area contributed by atoms with Gasteiger partial charge in [0.05, 0.1) is 12.2 Å². The number of aromatic nitrogens is 1. The minimum atomic E-state index is -1.00. The molecule has 8 nitrogen and oxygen atoms in total. The van der Waals surface area contributed by atoms with Gasteiger partial charge >= 0.3 is 12.0 Å². The maximum absolute atomic E-state index is 12.0. The van der Waals surface area contributed by atoms with Crippen molar-refractivity contribution in [3.8, 4) is 11.1 Å². The van der Waals surface area contributed by atoms with Crippen molar-refractivity contribution >= 4 is 40.0 Å². The molecule has 0 radical (unpaired) electrons. The van der Waals surface area contributed by atoms with Crippen LogP contribution in [0.25, 0.3) is 21.9 Å². The number of hydrogen-bond acceptors (Lipinski definition) is 5. The Morgan fingerprint density at radius 1 is 0.971 bits per heavy atom. The molecule has 172 valence electrons. The highest BCUT2D eigenvalue weighted by molar-refractivity contribution is 6.05. The smallest absolute Gasteiger partial charge is 0.335 e. The number of fused-ring (bicyclic) bond motifs is 1. The molecule has 2 amide bonds. The van der Waals surface area contributed by atoms with Crippen molar-refractivity contribution in [1.29, 1.82) is 0 Å². The van der Waals surface area contributed by atoms with Crippen molar-refractivity contribution in [3.05, 3.63) is 84.1 Å². The summed E-state index contributed by atoms with van der Waals surface area (Å²) < 4.78 is 0. The van der Waals surface area contributed by atoms with E-state index in [-0.39, 0.29) is 18.2 Å². The number of aliphatic hydroxyl groups excluding tert-OH is 1. The van der Waals surface area contributed by atoms with Gasteiger partial charge in [-0.2, -0.15) is 0 Å². The van der Waals surface area contributed by atoms with E-state index in [4.69, 9.17) is 0 Å². The number of hydrogen-bond donors (Lipinski definition) is 5. The molecule has 0 aliphatic heterocycles. The van der Waals surface area contributed by atoms with E-state index >= 15 is 0 Å². The zero-order valence-corrected chi connectivity index (χ0v) is 18.5. The van der Waals surface area contributed by atoms with Gasteiger partial charge in [0.15, 0.2) is 0 Å². The Kier molecular flexibility index (Phi) is 6.70. The lowest BCUT2D eigenvalue weighted by Gasteiger charge is -2.15. The van der Waals surface area contributed by atoms with Crippen LogP contribution in [0.4, 0.5) is 22.0 Å². The molecule has 0 aliphatic carbocycles. The summed E-state index contributed by atoms with van der Waals surface area (Å²) in [4.78, 5) is 27.8. The standard InChI is InChI=1S/C26H24N4O4/c1-2-27-26(34)30-24-13-21-20(17-8-6-16(15-31)7-9-17)10-11-23(22(21)14-28-24)29-19-5-3-4-18(12-19)25(32)33/h3-14,29,31H,2,15H2,1H3,(H,32,33)(H2,27,28,30,34). The summed E-state index contributed by atoms with van der Waals surface area (Å²) in [7, 11) is 0. The quantitative estimate of drug-likeness (QED) is 0.267. The van der Waals surface area contributed by atoms with Gasteiger partial charge in [-0.25, -0.2) is 14.6 Å². The third kappa shape index (κ3) is 4.97. The highest BCUT2D eigenvalue weighted by Crippen LogP contribution is 2.35. The third-order valence-corrected chi connectivity index (χ3v) is 5.32. The third-order valence-electron chi connectivity index (χ3n) is 5.32. The Morgan fingerprint density at radius 2 is 1.76 bits per heavy atom. The van der Waals surface area contributed by atoms with Crippen molar-refractivity contribution in [1.82, 2.24) is 10.3 Å². The van der Waals surface area contributed by atoms with Gasteiger partial charge < -0.3 is 20.8 Å². The molecule has 0 fully saturated rings. The number of nitrogens with zero attached hydrogens (tertiary/aromatic N) is 1. The van der Waals surface area contributed by atoms with Crippen LogP contribution in [0.1, 0.15) is 22.8 Å². The van der Waals surface area contributed by atoms with Crippen LogP contribution in [0, 0.1) is 0 Å². The normalized spacial score (nSPS) is 10.6. The van der Waals surface area contributed by atoms with E-state index in [0.717, 1.165) is 33.2 Å². The van der Waals surface area contributed by atoms with Gasteiger partial charge in [0, 0.05) is 29.5 Å². The number of urea groups is 1. The number of aliphatic hydroxyl groups is 1. The Balaban J connectivity index is 1.80. The lowest BCUT2D eigenvalue weighted by atomic mass is 9.97. The molecular weight excluding hydrogens is 432 g/mol. The molecule has 0 unspecified atom stereocenters. The molecule has 0 saturated carbocycles. The van der Waals surface area contributed by atoms with Crippen LogP contribution in [-0.4, -0.2) is 33.7 Å². The van der Waals surface area contributed by atoms with Crippen molar-refractivity contribution in [3.63, 3.8) is 0 Å². The fourth-order valence-electron chi connectivity index (χ4n) is 3.66. The average Bonchev–Trinajstić information content (AvgIpc) is 2.84. The molecule has 0 spiro atoms. The van der Waals surface area contributed by atoms with Gasteiger partial charge in [0.1, 0.15) is 5.82 Å². The second kappa shape index (κ2) is 10.0. The zero-order chi connectivity index (χ0) is 24.1. The van der Waals surface area contributed by atoms with Gasteiger partial charge in [-0.3, -0.25) is 5.32 Å². The molecule has 34 heavy (non-hydrogen) atoms. The number of anilines is 3. The van der Waals surface area contributed by atoms with E-state index < -0.39 is 5.97 Å². The van der Waals surface area contributed by atoms with E-state index in [1.54, 1.807) is 30.5 Å². The van der Waals surface area contributed by atoms with E-state index in [2.05, 4.69) is 20.9 Å². The summed E-state index contributed by atoms with van der Waals surface area (Å²) >= 11 is 0. The van der Waals surface area contributed by atoms with Gasteiger partial charge in [0.2, 0.25) is 0 Å². The molecule has 1 aromatic heterocycles. The molecule has 8 heteroatoms. The van der Waals surface area contributed by atoms with Crippen molar-refractivity contribution in [2.24, 2.45) is 0 Å². The molecule has 0 bridgehead atoms. The molecule has 1 heterocycles. The van der Waals surface area contributed by atoms with E-state index in [1.165, 1.54) is 6.07 Å². The van der Waals surface area contributed by atoms with Crippen molar-refractivity contribution < 1.29 is 19.8 Å². The highest BCUT2D eigenvalue weighted by Gasteiger charge is 2.12. The number of benzene rings is 3. The lowest BCUT2D eigenvalue weighted by Crippen LogP contribution is -2.28. The topological polar surface area (TPSA) is 124 Å².